The summed E-state index contributed by atoms with van der Waals surface area (Å²) in [6.07, 6.45) is 4.23. The molecule has 3 heterocycles. The first-order valence-corrected chi connectivity index (χ1v) is 10.1. The molecule has 8 heteroatoms. The average Bonchev–Trinajstić information content (AvgIpc) is 3.08. The number of carbonyl (C=O) groups excluding carboxylic acids is 1. The van der Waals surface area contributed by atoms with Gasteiger partial charge < -0.3 is 4.90 Å². The molecule has 23 heavy (non-hydrogen) atoms. The number of thiazole rings is 1. The van der Waals surface area contributed by atoms with Gasteiger partial charge >= 0.3 is 0 Å². The molecule has 0 radical (unpaired) electrons. The quantitative estimate of drug-likeness (QED) is 0.844. The second kappa shape index (κ2) is 6.37. The predicted octanol–water partition coefficient (Wildman–Crippen LogP) is 1.96. The van der Waals surface area contributed by atoms with Gasteiger partial charge in [-0.3, -0.25) is 9.78 Å². The van der Waals surface area contributed by atoms with Gasteiger partial charge in [-0.2, -0.15) is 0 Å². The van der Waals surface area contributed by atoms with Gasteiger partial charge in [0, 0.05) is 36.8 Å². The molecule has 0 aromatic carbocycles. The van der Waals surface area contributed by atoms with Crippen molar-refractivity contribution in [2.24, 2.45) is 0 Å². The van der Waals surface area contributed by atoms with E-state index in [0.29, 0.717) is 42.2 Å². The van der Waals surface area contributed by atoms with Crippen LogP contribution in [0.4, 0.5) is 0 Å². The monoisotopic (exact) mass is 351 g/mol. The van der Waals surface area contributed by atoms with Gasteiger partial charge in [0.25, 0.3) is 5.91 Å². The van der Waals surface area contributed by atoms with Crippen LogP contribution in [0.5, 0.6) is 0 Å². The minimum absolute atomic E-state index is 0.0559. The number of sulfone groups is 1. The predicted molar refractivity (Wildman–Crippen MR) is 87.3 cm³/mol. The van der Waals surface area contributed by atoms with Crippen LogP contribution in [0.25, 0.3) is 0 Å². The normalized spacial score (nSPS) is 16.5. The molecule has 0 saturated carbocycles. The number of hydrogen-bond acceptors (Lipinski definition) is 6. The van der Waals surface area contributed by atoms with E-state index in [-0.39, 0.29) is 11.8 Å². The number of pyridine rings is 1. The Balaban J connectivity index is 1.74. The lowest BCUT2D eigenvalue weighted by Crippen LogP contribution is -2.38. The highest BCUT2D eigenvalue weighted by molar-refractivity contribution is 7.90. The summed E-state index contributed by atoms with van der Waals surface area (Å²) in [5, 5.41) is 1.74. The van der Waals surface area contributed by atoms with Gasteiger partial charge in [0.15, 0.2) is 9.84 Å². The van der Waals surface area contributed by atoms with Gasteiger partial charge in [-0.25, -0.2) is 13.4 Å². The first-order chi connectivity index (χ1) is 11.0. The Hall–Kier alpha value is -1.80. The van der Waals surface area contributed by atoms with Crippen LogP contribution in [0.1, 0.15) is 34.9 Å². The molecule has 0 unspecified atom stereocenters. The molecule has 6 nitrogen and oxygen atoms in total. The molecule has 2 aromatic heterocycles. The van der Waals surface area contributed by atoms with Crippen molar-refractivity contribution < 1.29 is 13.2 Å². The zero-order valence-electron chi connectivity index (χ0n) is 12.7. The van der Waals surface area contributed by atoms with Crippen molar-refractivity contribution in [3.05, 3.63) is 40.6 Å². The zero-order chi connectivity index (χ0) is 16.4. The molecule has 0 N–H and O–H groups in total. The standard InChI is InChI=1S/C15H17N3O3S2/c1-23(20,21)13-3-2-6-16-14(13)11-4-7-18(8-5-11)15(19)12-9-22-10-17-12/h2-3,6,9-11H,4-5,7-8H2,1H3. The molecule has 1 aliphatic heterocycles. The van der Waals surface area contributed by atoms with Gasteiger partial charge in [0.05, 0.1) is 16.1 Å². The number of nitrogens with zero attached hydrogens (tertiary/aromatic N) is 3. The van der Waals surface area contributed by atoms with Crippen LogP contribution in [-0.4, -0.2) is 48.5 Å². The Morgan fingerprint density at radius 3 is 2.65 bits per heavy atom. The van der Waals surface area contributed by atoms with E-state index in [0.717, 1.165) is 0 Å². The van der Waals surface area contributed by atoms with Crippen LogP contribution in [0.15, 0.2) is 34.1 Å². The van der Waals surface area contributed by atoms with Crippen LogP contribution in [0, 0.1) is 0 Å². The van der Waals surface area contributed by atoms with Crippen LogP contribution < -0.4 is 0 Å². The van der Waals surface area contributed by atoms with E-state index in [9.17, 15) is 13.2 Å². The van der Waals surface area contributed by atoms with E-state index in [4.69, 9.17) is 0 Å². The number of rotatable bonds is 3. The molecule has 122 valence electrons. The SMILES string of the molecule is CS(=O)(=O)c1cccnc1C1CCN(C(=O)c2cscn2)CC1. The van der Waals surface area contributed by atoms with E-state index in [2.05, 4.69) is 9.97 Å². The van der Waals surface area contributed by atoms with E-state index >= 15 is 0 Å². The van der Waals surface area contributed by atoms with Gasteiger partial charge in [-0.15, -0.1) is 11.3 Å². The molecule has 2 aromatic rings. The molecular weight excluding hydrogens is 334 g/mol. The summed E-state index contributed by atoms with van der Waals surface area (Å²) in [6, 6.07) is 3.24. The average molecular weight is 351 g/mol. The van der Waals surface area contributed by atoms with Crippen molar-refractivity contribution in [2.45, 2.75) is 23.7 Å². The lowest BCUT2D eigenvalue weighted by Gasteiger charge is -2.31. The topological polar surface area (TPSA) is 80.2 Å². The maximum atomic E-state index is 12.3. The van der Waals surface area contributed by atoms with E-state index in [1.807, 2.05) is 0 Å². The molecule has 0 atom stereocenters. The maximum absolute atomic E-state index is 12.3. The molecular formula is C15H17N3O3S2. The Bertz CT molecular complexity index is 795. The number of aromatic nitrogens is 2. The largest absolute Gasteiger partial charge is 0.337 e. The highest BCUT2D eigenvalue weighted by atomic mass is 32.2. The Morgan fingerprint density at radius 1 is 1.30 bits per heavy atom. The van der Waals surface area contributed by atoms with Crippen molar-refractivity contribution >= 4 is 27.1 Å². The zero-order valence-corrected chi connectivity index (χ0v) is 14.3. The van der Waals surface area contributed by atoms with E-state index in [1.165, 1.54) is 17.6 Å². The Kier molecular flexibility index (Phi) is 4.45. The first kappa shape index (κ1) is 16.1. The van der Waals surface area contributed by atoms with E-state index < -0.39 is 9.84 Å². The summed E-state index contributed by atoms with van der Waals surface area (Å²) in [5.74, 6) is -0.00512. The molecule has 0 spiro atoms. The molecule has 0 bridgehead atoms. The number of hydrogen-bond donors (Lipinski definition) is 0. The summed E-state index contributed by atoms with van der Waals surface area (Å²) >= 11 is 1.40. The van der Waals surface area contributed by atoms with Crippen LogP contribution in [-0.2, 0) is 9.84 Å². The maximum Gasteiger partial charge on any atom is 0.273 e. The number of amides is 1. The minimum Gasteiger partial charge on any atom is -0.337 e. The Labute approximate surface area is 139 Å². The fourth-order valence-corrected chi connectivity index (χ4v) is 4.31. The third kappa shape index (κ3) is 3.42. The number of carbonyl (C=O) groups is 1. The number of piperidine rings is 1. The molecule has 1 saturated heterocycles. The molecule has 3 rings (SSSR count). The van der Waals surface area contributed by atoms with Crippen molar-refractivity contribution in [1.29, 1.82) is 0 Å². The van der Waals surface area contributed by atoms with Crippen molar-refractivity contribution in [3.63, 3.8) is 0 Å². The molecule has 0 aliphatic carbocycles. The van der Waals surface area contributed by atoms with Crippen molar-refractivity contribution in [3.8, 4) is 0 Å². The Morgan fingerprint density at radius 2 is 2.04 bits per heavy atom. The smallest absolute Gasteiger partial charge is 0.273 e. The second-order valence-corrected chi connectivity index (χ2v) is 8.30. The second-order valence-electron chi connectivity index (χ2n) is 5.60. The summed E-state index contributed by atoms with van der Waals surface area (Å²) in [4.78, 5) is 22.7. The van der Waals surface area contributed by atoms with Crippen LogP contribution >= 0.6 is 11.3 Å². The third-order valence-corrected chi connectivity index (χ3v) is 5.75. The highest BCUT2D eigenvalue weighted by Crippen LogP contribution is 2.31. The molecule has 1 fully saturated rings. The third-order valence-electron chi connectivity index (χ3n) is 4.02. The first-order valence-electron chi connectivity index (χ1n) is 7.29. The van der Waals surface area contributed by atoms with E-state index in [1.54, 1.807) is 34.1 Å². The fourth-order valence-electron chi connectivity index (χ4n) is 2.86. The van der Waals surface area contributed by atoms with Gasteiger partial charge in [-0.1, -0.05) is 0 Å². The fraction of sp³-hybridized carbons (Fsp3) is 0.400. The minimum atomic E-state index is -3.30. The molecule has 1 amide bonds. The summed E-state index contributed by atoms with van der Waals surface area (Å²) in [5.41, 5.74) is 2.74. The van der Waals surface area contributed by atoms with Crippen LogP contribution in [0.3, 0.4) is 0 Å². The van der Waals surface area contributed by atoms with Crippen molar-refractivity contribution in [2.75, 3.05) is 19.3 Å². The highest BCUT2D eigenvalue weighted by Gasteiger charge is 2.29. The van der Waals surface area contributed by atoms with Crippen molar-refractivity contribution in [1.82, 2.24) is 14.9 Å². The number of likely N-dealkylation sites (tertiary alicyclic amines) is 1. The van der Waals surface area contributed by atoms with Gasteiger partial charge in [0.1, 0.15) is 5.69 Å². The summed E-state index contributed by atoms with van der Waals surface area (Å²) in [7, 11) is -3.30. The lowest BCUT2D eigenvalue weighted by atomic mass is 9.93. The molecule has 1 aliphatic rings. The van der Waals surface area contributed by atoms with Crippen LogP contribution in [0.2, 0.25) is 0 Å². The summed E-state index contributed by atoms with van der Waals surface area (Å²) in [6.45, 7) is 1.17. The van der Waals surface area contributed by atoms with Gasteiger partial charge in [-0.05, 0) is 25.0 Å². The van der Waals surface area contributed by atoms with Gasteiger partial charge in [0.2, 0.25) is 0 Å². The lowest BCUT2D eigenvalue weighted by molar-refractivity contribution is 0.0706. The summed E-state index contributed by atoms with van der Waals surface area (Å²) < 4.78 is 23.8.